The number of hydrogen-bond acceptors (Lipinski definition) is 6. The summed E-state index contributed by atoms with van der Waals surface area (Å²) in [6, 6.07) is 9.85. The van der Waals surface area contributed by atoms with Gasteiger partial charge >= 0.3 is 0 Å². The molecule has 2 rings (SSSR count). The predicted octanol–water partition coefficient (Wildman–Crippen LogP) is 2.43. The van der Waals surface area contributed by atoms with Gasteiger partial charge in [0.15, 0.2) is 0 Å². The molecular weight excluding hydrogens is 360 g/mol. The van der Waals surface area contributed by atoms with Crippen molar-refractivity contribution in [1.29, 1.82) is 0 Å². The molecule has 1 heterocycles. The number of aromatic nitrogens is 2. The van der Waals surface area contributed by atoms with E-state index in [0.29, 0.717) is 13.0 Å². The number of carbonyl (C=O) groups is 1. The molecule has 0 aliphatic heterocycles. The molecule has 2 aromatic rings. The summed E-state index contributed by atoms with van der Waals surface area (Å²) in [6.45, 7) is 5.58. The van der Waals surface area contributed by atoms with Crippen LogP contribution >= 0.6 is 11.3 Å². The number of aryl methyl sites for hydroxylation is 1. The van der Waals surface area contributed by atoms with Crippen LogP contribution in [0.25, 0.3) is 0 Å². The molecule has 0 atom stereocenters. The third-order valence-corrected chi connectivity index (χ3v) is 5.98. The van der Waals surface area contributed by atoms with E-state index in [-0.39, 0.29) is 15.4 Å². The molecule has 1 aromatic heterocycles. The van der Waals surface area contributed by atoms with Gasteiger partial charge in [-0.2, -0.15) is 0 Å². The molecule has 2 N–H and O–H groups in total. The van der Waals surface area contributed by atoms with Gasteiger partial charge in [0, 0.05) is 12.0 Å². The van der Waals surface area contributed by atoms with Gasteiger partial charge in [-0.05, 0) is 18.4 Å². The van der Waals surface area contributed by atoms with E-state index in [9.17, 15) is 13.2 Å². The Labute approximate surface area is 151 Å². The normalized spacial score (nSPS) is 12.1. The topological polar surface area (TPSA) is 101 Å². The van der Waals surface area contributed by atoms with E-state index in [0.717, 1.165) is 23.3 Å². The molecule has 1 aromatic carbocycles. The van der Waals surface area contributed by atoms with Crippen molar-refractivity contribution < 1.29 is 13.2 Å². The van der Waals surface area contributed by atoms with Crippen molar-refractivity contribution in [2.75, 3.05) is 11.9 Å². The van der Waals surface area contributed by atoms with Crippen molar-refractivity contribution in [3.05, 3.63) is 35.9 Å². The van der Waals surface area contributed by atoms with Crippen molar-refractivity contribution in [1.82, 2.24) is 14.9 Å². The molecule has 0 unspecified atom stereocenters. The highest BCUT2D eigenvalue weighted by molar-refractivity contribution is 7.91. The van der Waals surface area contributed by atoms with Crippen LogP contribution in [-0.2, 0) is 21.2 Å². The first-order valence-electron chi connectivity index (χ1n) is 7.87. The van der Waals surface area contributed by atoms with Crippen molar-refractivity contribution >= 4 is 32.4 Å². The van der Waals surface area contributed by atoms with Gasteiger partial charge in [0.05, 0.1) is 0 Å². The standard InChI is InChI=1S/C16H22N4O3S2/c1-16(2,3)13(21)18-14-19-20-15(24-14)25(22,23)17-11-7-10-12-8-5-4-6-9-12/h4-6,8-9,17H,7,10-11H2,1-3H3,(H,18,19,21). The monoisotopic (exact) mass is 382 g/mol. The minimum Gasteiger partial charge on any atom is -0.300 e. The van der Waals surface area contributed by atoms with E-state index in [1.165, 1.54) is 0 Å². The Morgan fingerprint density at radius 1 is 1.16 bits per heavy atom. The zero-order valence-electron chi connectivity index (χ0n) is 14.4. The Hall–Kier alpha value is -1.84. The van der Waals surface area contributed by atoms with Crippen molar-refractivity contribution in [2.24, 2.45) is 5.41 Å². The summed E-state index contributed by atoms with van der Waals surface area (Å²) in [5.41, 5.74) is 0.560. The predicted molar refractivity (Wildman–Crippen MR) is 97.9 cm³/mol. The number of amides is 1. The van der Waals surface area contributed by atoms with E-state index in [2.05, 4.69) is 20.2 Å². The van der Waals surface area contributed by atoms with Crippen LogP contribution in [-0.4, -0.2) is 31.1 Å². The molecule has 7 nitrogen and oxygen atoms in total. The zero-order chi connectivity index (χ0) is 18.5. The molecule has 0 fully saturated rings. The maximum atomic E-state index is 12.2. The first kappa shape index (κ1) is 19.5. The number of benzene rings is 1. The van der Waals surface area contributed by atoms with Crippen LogP contribution in [0.5, 0.6) is 0 Å². The number of carbonyl (C=O) groups excluding carboxylic acids is 1. The van der Waals surface area contributed by atoms with Crippen molar-refractivity contribution in [3.8, 4) is 0 Å². The van der Waals surface area contributed by atoms with Crippen LogP contribution < -0.4 is 10.0 Å². The zero-order valence-corrected chi connectivity index (χ0v) is 16.1. The second-order valence-corrected chi connectivity index (χ2v) is 9.48. The van der Waals surface area contributed by atoms with Crippen LogP contribution in [0.15, 0.2) is 34.7 Å². The minimum absolute atomic E-state index is 0.156. The van der Waals surface area contributed by atoms with Gasteiger partial charge in [-0.1, -0.05) is 62.4 Å². The fourth-order valence-corrected chi connectivity index (χ4v) is 3.87. The van der Waals surface area contributed by atoms with E-state index < -0.39 is 15.4 Å². The molecule has 25 heavy (non-hydrogen) atoms. The summed E-state index contributed by atoms with van der Waals surface area (Å²) in [5, 5.41) is 10.1. The average Bonchev–Trinajstić information content (AvgIpc) is 3.01. The Bertz CT molecular complexity index is 811. The molecule has 1 amide bonds. The Morgan fingerprint density at radius 3 is 2.48 bits per heavy atom. The van der Waals surface area contributed by atoms with Gasteiger partial charge in [-0.15, -0.1) is 10.2 Å². The van der Waals surface area contributed by atoms with E-state index >= 15 is 0 Å². The van der Waals surface area contributed by atoms with Crippen LogP contribution in [0.2, 0.25) is 0 Å². The van der Waals surface area contributed by atoms with Crippen LogP contribution in [0.3, 0.4) is 0 Å². The lowest BCUT2D eigenvalue weighted by Crippen LogP contribution is -2.27. The number of anilines is 1. The van der Waals surface area contributed by atoms with Gasteiger partial charge in [0.1, 0.15) is 0 Å². The fraction of sp³-hybridized carbons (Fsp3) is 0.438. The molecule has 0 saturated heterocycles. The average molecular weight is 383 g/mol. The number of sulfonamides is 1. The summed E-state index contributed by atoms with van der Waals surface area (Å²) in [6.07, 6.45) is 1.46. The SMILES string of the molecule is CC(C)(C)C(=O)Nc1nnc(S(=O)(=O)NCCCc2ccccc2)s1. The third kappa shape index (κ3) is 5.87. The Balaban J connectivity index is 1.88. The smallest absolute Gasteiger partial charge is 0.269 e. The Kier molecular flexibility index (Phi) is 6.26. The number of nitrogens with one attached hydrogen (secondary N) is 2. The first-order chi connectivity index (χ1) is 11.7. The molecule has 0 aliphatic carbocycles. The van der Waals surface area contributed by atoms with Gasteiger partial charge in [-0.25, -0.2) is 13.1 Å². The second-order valence-electron chi connectivity index (χ2n) is 6.56. The van der Waals surface area contributed by atoms with Crippen LogP contribution in [0.4, 0.5) is 5.13 Å². The van der Waals surface area contributed by atoms with Gasteiger partial charge in [0.2, 0.25) is 15.4 Å². The van der Waals surface area contributed by atoms with Gasteiger partial charge in [-0.3, -0.25) is 4.79 Å². The molecule has 0 bridgehead atoms. The summed E-state index contributed by atoms with van der Waals surface area (Å²) in [4.78, 5) is 11.9. The summed E-state index contributed by atoms with van der Waals surface area (Å²) in [7, 11) is -3.72. The molecular formula is C16H22N4O3S2. The lowest BCUT2D eigenvalue weighted by atomic mass is 9.96. The summed E-state index contributed by atoms with van der Waals surface area (Å²) < 4.78 is 26.8. The molecule has 9 heteroatoms. The fourth-order valence-electron chi connectivity index (χ4n) is 1.86. The minimum atomic E-state index is -3.72. The van der Waals surface area contributed by atoms with Gasteiger partial charge in [0.25, 0.3) is 10.0 Å². The maximum Gasteiger partial charge on any atom is 0.269 e. The van der Waals surface area contributed by atoms with E-state index in [1.54, 1.807) is 20.8 Å². The van der Waals surface area contributed by atoms with Crippen molar-refractivity contribution in [3.63, 3.8) is 0 Å². The highest BCUT2D eigenvalue weighted by Crippen LogP contribution is 2.22. The van der Waals surface area contributed by atoms with Gasteiger partial charge < -0.3 is 5.32 Å². The third-order valence-electron chi connectivity index (χ3n) is 3.32. The quantitative estimate of drug-likeness (QED) is 0.566. The molecule has 136 valence electrons. The van der Waals surface area contributed by atoms with Crippen LogP contribution in [0.1, 0.15) is 32.8 Å². The summed E-state index contributed by atoms with van der Waals surface area (Å²) in [5.74, 6) is -0.247. The molecule has 0 aliphatic rings. The van der Waals surface area contributed by atoms with Crippen LogP contribution in [0, 0.1) is 5.41 Å². The van der Waals surface area contributed by atoms with Crippen molar-refractivity contribution in [2.45, 2.75) is 38.0 Å². The molecule has 0 radical (unpaired) electrons. The molecule has 0 saturated carbocycles. The van der Waals surface area contributed by atoms with E-state index in [4.69, 9.17) is 0 Å². The number of nitrogens with zero attached hydrogens (tertiary/aromatic N) is 2. The van der Waals surface area contributed by atoms with E-state index in [1.807, 2.05) is 30.3 Å². The second kappa shape index (κ2) is 8.03. The summed E-state index contributed by atoms with van der Waals surface area (Å²) >= 11 is 0.834. The highest BCUT2D eigenvalue weighted by Gasteiger charge is 2.24. The molecule has 0 spiro atoms. The number of rotatable bonds is 7. The highest BCUT2D eigenvalue weighted by atomic mass is 32.2. The lowest BCUT2D eigenvalue weighted by molar-refractivity contribution is -0.123. The largest absolute Gasteiger partial charge is 0.300 e. The Morgan fingerprint density at radius 2 is 1.84 bits per heavy atom. The maximum absolute atomic E-state index is 12.2. The lowest BCUT2D eigenvalue weighted by Gasteiger charge is -2.15. The first-order valence-corrected chi connectivity index (χ1v) is 10.2. The number of hydrogen-bond donors (Lipinski definition) is 2.